The predicted octanol–water partition coefficient (Wildman–Crippen LogP) is 0.751. The Morgan fingerprint density at radius 1 is 1.25 bits per heavy atom. The smallest absolute Gasteiger partial charge is 0.332 e. The predicted molar refractivity (Wildman–Crippen MR) is 104 cm³/mol. The highest BCUT2D eigenvalue weighted by Crippen LogP contribution is 2.31. The molecule has 1 aliphatic heterocycles. The molecule has 5 atom stereocenters. The molecule has 1 aromatic rings. The summed E-state index contributed by atoms with van der Waals surface area (Å²) in [6.07, 6.45) is -0.137. The summed E-state index contributed by atoms with van der Waals surface area (Å²) in [5.74, 6) is -3.51. The van der Waals surface area contributed by atoms with Crippen molar-refractivity contribution in [3.63, 3.8) is 0 Å². The van der Waals surface area contributed by atoms with Gasteiger partial charge in [0.1, 0.15) is 18.3 Å². The van der Waals surface area contributed by atoms with Gasteiger partial charge in [-0.2, -0.15) is 0 Å². The fourth-order valence-corrected chi connectivity index (χ4v) is 2.98. The molecule has 8 nitrogen and oxygen atoms in total. The summed E-state index contributed by atoms with van der Waals surface area (Å²) in [6, 6.07) is 9.15. The quantitative estimate of drug-likeness (QED) is 0.461. The van der Waals surface area contributed by atoms with Crippen LogP contribution in [-0.4, -0.2) is 42.2 Å². The van der Waals surface area contributed by atoms with E-state index in [1.54, 1.807) is 0 Å². The molecule has 1 saturated heterocycles. The van der Waals surface area contributed by atoms with Crippen LogP contribution in [0.3, 0.4) is 0 Å². The molecule has 9 heteroatoms. The molecule has 2 amide bonds. The third-order valence-corrected chi connectivity index (χ3v) is 5.01. The van der Waals surface area contributed by atoms with Gasteiger partial charge in [0.15, 0.2) is 6.10 Å². The zero-order chi connectivity index (χ0) is 20.7. The number of esters is 2. The molecule has 0 aliphatic carbocycles. The van der Waals surface area contributed by atoms with Crippen molar-refractivity contribution in [2.24, 2.45) is 11.8 Å². The topological polar surface area (TPSA) is 111 Å². The molecule has 0 aromatic heterocycles. The highest BCUT2D eigenvalue weighted by molar-refractivity contribution is 7.19. The van der Waals surface area contributed by atoms with Crippen LogP contribution in [0.15, 0.2) is 30.3 Å². The Kier molecular flexibility index (Phi) is 7.93. The minimum atomic E-state index is -0.942. The van der Waals surface area contributed by atoms with E-state index in [1.807, 2.05) is 44.2 Å². The minimum absolute atomic E-state index is 0.0154. The van der Waals surface area contributed by atoms with Gasteiger partial charge < -0.3 is 20.1 Å². The highest BCUT2D eigenvalue weighted by Gasteiger charge is 2.49. The molecule has 1 unspecified atom stereocenters. The van der Waals surface area contributed by atoms with Crippen LogP contribution in [0.1, 0.15) is 25.8 Å². The lowest BCUT2D eigenvalue weighted by Crippen LogP contribution is -2.57. The van der Waals surface area contributed by atoms with Crippen LogP contribution in [0.25, 0.3) is 0 Å². The zero-order valence-corrected chi connectivity index (χ0v) is 17.0. The van der Waals surface area contributed by atoms with Gasteiger partial charge in [-0.25, -0.2) is 4.79 Å². The molecule has 2 N–H and O–H groups in total. The number of ether oxygens (including phenoxy) is 2. The van der Waals surface area contributed by atoms with Gasteiger partial charge in [-0.05, 0) is 11.5 Å². The number of nitrogens with one attached hydrogen (secondary N) is 2. The Hall–Kier alpha value is -2.47. The Morgan fingerprint density at radius 3 is 2.54 bits per heavy atom. The van der Waals surface area contributed by atoms with Gasteiger partial charge in [0.2, 0.25) is 5.91 Å². The fourth-order valence-electron chi connectivity index (χ4n) is 2.70. The van der Waals surface area contributed by atoms with E-state index in [0.29, 0.717) is 0 Å². The largest absolute Gasteiger partial charge is 0.459 e. The molecule has 1 aliphatic rings. The maximum absolute atomic E-state index is 12.1. The maximum atomic E-state index is 12.1. The number of amides is 2. The van der Waals surface area contributed by atoms with Crippen molar-refractivity contribution in [3.8, 4) is 0 Å². The normalized spacial score (nSPS) is 20.2. The summed E-state index contributed by atoms with van der Waals surface area (Å²) in [5, 5.41) is 4.85. The number of hydrogen-bond donors (Lipinski definition) is 2. The lowest BCUT2D eigenvalue weighted by molar-refractivity contribution is -0.193. The molecule has 1 fully saturated rings. The molecule has 28 heavy (non-hydrogen) atoms. The van der Waals surface area contributed by atoms with Crippen LogP contribution in [0, 0.1) is 11.8 Å². The summed E-state index contributed by atoms with van der Waals surface area (Å²) in [7, 11) is 2.18. The summed E-state index contributed by atoms with van der Waals surface area (Å²) < 4.78 is 10.0. The Labute approximate surface area is 165 Å². The van der Waals surface area contributed by atoms with Crippen LogP contribution < -0.4 is 10.6 Å². The van der Waals surface area contributed by atoms with Gasteiger partial charge in [0.05, 0.1) is 6.54 Å². The Balaban J connectivity index is 1.72. The van der Waals surface area contributed by atoms with Gasteiger partial charge in [-0.1, -0.05) is 50.6 Å². The fraction of sp³-hybridized carbons (Fsp3) is 0.474. The van der Waals surface area contributed by atoms with Crippen LogP contribution in [0.4, 0.5) is 0 Å². The number of cyclic esters (lactones) is 1. The van der Waals surface area contributed by atoms with Crippen molar-refractivity contribution in [3.05, 3.63) is 35.9 Å². The molecule has 152 valence electrons. The number of carbonyl (C=O) groups excluding carboxylic acids is 4. The average Bonchev–Trinajstić information content (AvgIpc) is 2.68. The minimum Gasteiger partial charge on any atom is -0.459 e. The summed E-state index contributed by atoms with van der Waals surface area (Å²) in [6.45, 7) is 3.56. The van der Waals surface area contributed by atoms with Crippen molar-refractivity contribution in [2.45, 2.75) is 38.8 Å². The lowest BCUT2D eigenvalue weighted by Gasteiger charge is -2.37. The summed E-state index contributed by atoms with van der Waals surface area (Å²) in [4.78, 5) is 47.5. The van der Waals surface area contributed by atoms with E-state index < -0.39 is 41.6 Å². The van der Waals surface area contributed by atoms with E-state index in [2.05, 4.69) is 19.9 Å². The van der Waals surface area contributed by atoms with Crippen molar-refractivity contribution in [1.29, 1.82) is 0 Å². The molecule has 0 radical (unpaired) electrons. The van der Waals surface area contributed by atoms with E-state index in [0.717, 1.165) is 12.0 Å². The first-order valence-corrected chi connectivity index (χ1v) is 9.73. The summed E-state index contributed by atoms with van der Waals surface area (Å²) in [5.41, 5.74) is 0.831. The van der Waals surface area contributed by atoms with Crippen molar-refractivity contribution >= 4 is 33.0 Å². The lowest BCUT2D eigenvalue weighted by atomic mass is 9.83. The third kappa shape index (κ3) is 5.76. The van der Waals surface area contributed by atoms with Gasteiger partial charge in [-0.3, -0.25) is 14.4 Å². The SMILES string of the molecule is CC[C@H](C)[C@@H]1C(=O)O[C@H]1C(=O)NCC(=O)N[C@@H](P)C(=O)OCc1ccccc1. The Bertz CT molecular complexity index is 726. The molecule has 1 aromatic carbocycles. The molecule has 2 rings (SSSR count). The molecule has 0 spiro atoms. The maximum Gasteiger partial charge on any atom is 0.332 e. The molecule has 1 heterocycles. The standard InChI is InChI=1S/C19H25N2O6P/c1-3-11(2)14-15(27-18(14)24)16(23)20-9-13(22)21-17(28)19(25)26-10-12-7-5-4-6-8-12/h4-8,11,14-15,17H,3,9-10,28H2,1-2H3,(H,20,23)(H,21,22)/t11-,14-,15+,17-/m0/s1. The van der Waals surface area contributed by atoms with E-state index >= 15 is 0 Å². The van der Waals surface area contributed by atoms with E-state index in [9.17, 15) is 19.2 Å². The van der Waals surface area contributed by atoms with Crippen molar-refractivity contribution in [1.82, 2.24) is 10.6 Å². The van der Waals surface area contributed by atoms with Crippen molar-refractivity contribution in [2.75, 3.05) is 6.54 Å². The Morgan fingerprint density at radius 2 is 1.93 bits per heavy atom. The van der Waals surface area contributed by atoms with Crippen LogP contribution in [-0.2, 0) is 35.3 Å². The second kappa shape index (κ2) is 10.2. The second-order valence-corrected chi connectivity index (χ2v) is 7.29. The first-order chi connectivity index (χ1) is 13.3. The van der Waals surface area contributed by atoms with Gasteiger partial charge in [0.25, 0.3) is 5.91 Å². The number of carbonyl (C=O) groups is 4. The van der Waals surface area contributed by atoms with E-state index in [-0.39, 0.29) is 19.1 Å². The van der Waals surface area contributed by atoms with Gasteiger partial charge >= 0.3 is 11.9 Å². The van der Waals surface area contributed by atoms with Gasteiger partial charge in [0, 0.05) is 0 Å². The van der Waals surface area contributed by atoms with Gasteiger partial charge in [-0.15, -0.1) is 9.24 Å². The third-order valence-electron chi connectivity index (χ3n) is 4.57. The first-order valence-electron chi connectivity index (χ1n) is 9.07. The second-order valence-electron chi connectivity index (χ2n) is 6.63. The number of hydrogen-bond acceptors (Lipinski definition) is 6. The average molecular weight is 408 g/mol. The van der Waals surface area contributed by atoms with Crippen LogP contribution >= 0.6 is 9.24 Å². The van der Waals surface area contributed by atoms with Crippen LogP contribution in [0.2, 0.25) is 0 Å². The number of benzene rings is 1. The monoisotopic (exact) mass is 408 g/mol. The first kappa shape index (κ1) is 21.8. The van der Waals surface area contributed by atoms with Crippen molar-refractivity contribution < 1.29 is 28.7 Å². The summed E-state index contributed by atoms with van der Waals surface area (Å²) >= 11 is 0. The van der Waals surface area contributed by atoms with Crippen LogP contribution in [0.5, 0.6) is 0 Å². The molecule has 0 saturated carbocycles. The van der Waals surface area contributed by atoms with E-state index in [4.69, 9.17) is 9.47 Å². The molecular weight excluding hydrogens is 383 g/mol. The molecule has 0 bridgehead atoms. The number of rotatable bonds is 9. The van der Waals surface area contributed by atoms with E-state index in [1.165, 1.54) is 0 Å². The molecular formula is C19H25N2O6P. The zero-order valence-electron chi connectivity index (χ0n) is 15.8. The highest BCUT2D eigenvalue weighted by atomic mass is 31.0.